The lowest BCUT2D eigenvalue weighted by atomic mass is 10.0. The van der Waals surface area contributed by atoms with Crippen molar-refractivity contribution >= 4 is 17.6 Å². The second-order valence-corrected chi connectivity index (χ2v) is 5.68. The van der Waals surface area contributed by atoms with E-state index in [1.165, 1.54) is 0 Å². The van der Waals surface area contributed by atoms with Crippen LogP contribution in [-0.4, -0.2) is 26.8 Å². The van der Waals surface area contributed by atoms with Gasteiger partial charge in [0.2, 0.25) is 5.91 Å². The number of nitrogens with one attached hydrogen (secondary N) is 1. The number of nitrogens with zero attached hydrogens (tertiary/aromatic N) is 2. The number of aliphatic carboxylic acids is 1. The standard InChI is InChI=1S/C17H21N3O3/c1-10(17(22)23)13-6-5-7-14(8-13)18-16(21)9-15-11(2)19-20(4)12(15)3/h5-8,10H,9H2,1-4H3,(H,18,21)(H,22,23). The van der Waals surface area contributed by atoms with Crippen LogP contribution in [0.2, 0.25) is 0 Å². The second kappa shape index (κ2) is 6.64. The van der Waals surface area contributed by atoms with Crippen molar-refractivity contribution in [1.82, 2.24) is 9.78 Å². The van der Waals surface area contributed by atoms with E-state index in [4.69, 9.17) is 5.11 Å². The molecule has 0 spiro atoms. The Morgan fingerprint density at radius 1 is 1.35 bits per heavy atom. The molecule has 1 amide bonds. The Labute approximate surface area is 135 Å². The molecule has 23 heavy (non-hydrogen) atoms. The van der Waals surface area contributed by atoms with Gasteiger partial charge < -0.3 is 10.4 Å². The van der Waals surface area contributed by atoms with Crippen molar-refractivity contribution in [3.63, 3.8) is 0 Å². The van der Waals surface area contributed by atoms with Gasteiger partial charge in [-0.15, -0.1) is 0 Å². The van der Waals surface area contributed by atoms with Crippen molar-refractivity contribution in [1.29, 1.82) is 0 Å². The Hall–Kier alpha value is -2.63. The molecule has 1 aromatic carbocycles. The highest BCUT2D eigenvalue weighted by Crippen LogP contribution is 2.20. The predicted molar refractivity (Wildman–Crippen MR) is 87.5 cm³/mol. The van der Waals surface area contributed by atoms with Crippen molar-refractivity contribution in [2.75, 3.05) is 5.32 Å². The number of hydrogen-bond acceptors (Lipinski definition) is 3. The largest absolute Gasteiger partial charge is 0.481 e. The minimum atomic E-state index is -0.893. The van der Waals surface area contributed by atoms with Crippen LogP contribution in [0, 0.1) is 13.8 Å². The Morgan fingerprint density at radius 2 is 2.04 bits per heavy atom. The zero-order chi connectivity index (χ0) is 17.1. The number of carbonyl (C=O) groups is 2. The van der Waals surface area contributed by atoms with Crippen molar-refractivity contribution in [2.45, 2.75) is 33.1 Å². The quantitative estimate of drug-likeness (QED) is 0.887. The maximum absolute atomic E-state index is 12.2. The first-order valence-electron chi connectivity index (χ1n) is 7.41. The van der Waals surface area contributed by atoms with E-state index < -0.39 is 11.9 Å². The monoisotopic (exact) mass is 315 g/mol. The molecular formula is C17H21N3O3. The summed E-state index contributed by atoms with van der Waals surface area (Å²) >= 11 is 0. The highest BCUT2D eigenvalue weighted by molar-refractivity contribution is 5.92. The lowest BCUT2D eigenvalue weighted by Crippen LogP contribution is -2.16. The number of aryl methyl sites for hydroxylation is 2. The van der Waals surface area contributed by atoms with Gasteiger partial charge in [0.05, 0.1) is 18.0 Å². The number of carboxylic acid groups (broad SMARTS) is 1. The summed E-state index contributed by atoms with van der Waals surface area (Å²) in [5.74, 6) is -1.66. The molecule has 0 fully saturated rings. The van der Waals surface area contributed by atoms with Crippen LogP contribution in [0.1, 0.15) is 35.4 Å². The minimum Gasteiger partial charge on any atom is -0.481 e. The van der Waals surface area contributed by atoms with E-state index in [0.717, 1.165) is 17.0 Å². The highest BCUT2D eigenvalue weighted by Gasteiger charge is 2.16. The molecule has 6 heteroatoms. The summed E-state index contributed by atoms with van der Waals surface area (Å²) in [4.78, 5) is 23.3. The second-order valence-electron chi connectivity index (χ2n) is 5.68. The average molecular weight is 315 g/mol. The fourth-order valence-corrected chi connectivity index (χ4v) is 2.47. The topological polar surface area (TPSA) is 84.2 Å². The lowest BCUT2D eigenvalue weighted by molar-refractivity contribution is -0.138. The molecule has 1 heterocycles. The first-order valence-corrected chi connectivity index (χ1v) is 7.41. The van der Waals surface area contributed by atoms with E-state index in [2.05, 4.69) is 10.4 Å². The number of rotatable bonds is 5. The van der Waals surface area contributed by atoms with Gasteiger partial charge in [-0.3, -0.25) is 14.3 Å². The van der Waals surface area contributed by atoms with Crippen LogP contribution in [0.5, 0.6) is 0 Å². The molecule has 1 atom stereocenters. The maximum Gasteiger partial charge on any atom is 0.310 e. The molecule has 0 aliphatic heterocycles. The number of hydrogen-bond donors (Lipinski definition) is 2. The third-order valence-electron chi connectivity index (χ3n) is 4.04. The predicted octanol–water partition coefficient (Wildman–Crippen LogP) is 2.41. The van der Waals surface area contributed by atoms with Crippen LogP contribution in [0.25, 0.3) is 0 Å². The Balaban J connectivity index is 2.11. The van der Waals surface area contributed by atoms with E-state index in [1.807, 2.05) is 20.9 Å². The van der Waals surface area contributed by atoms with Gasteiger partial charge in [-0.05, 0) is 38.5 Å². The van der Waals surface area contributed by atoms with Gasteiger partial charge >= 0.3 is 5.97 Å². The van der Waals surface area contributed by atoms with Gasteiger partial charge in [0.25, 0.3) is 0 Å². The minimum absolute atomic E-state index is 0.149. The van der Waals surface area contributed by atoms with E-state index in [-0.39, 0.29) is 12.3 Å². The fourth-order valence-electron chi connectivity index (χ4n) is 2.47. The third kappa shape index (κ3) is 3.77. The molecule has 0 saturated heterocycles. The molecule has 1 aromatic heterocycles. The highest BCUT2D eigenvalue weighted by atomic mass is 16.4. The average Bonchev–Trinajstić information content (AvgIpc) is 2.73. The molecule has 0 saturated carbocycles. The molecule has 0 aliphatic carbocycles. The van der Waals surface area contributed by atoms with E-state index in [9.17, 15) is 9.59 Å². The summed E-state index contributed by atoms with van der Waals surface area (Å²) in [7, 11) is 1.85. The van der Waals surface area contributed by atoms with Crippen LogP contribution in [0.3, 0.4) is 0 Å². The summed E-state index contributed by atoms with van der Waals surface area (Å²) in [5, 5.41) is 16.2. The molecule has 2 aromatic rings. The van der Waals surface area contributed by atoms with Crippen LogP contribution in [-0.2, 0) is 23.1 Å². The third-order valence-corrected chi connectivity index (χ3v) is 4.04. The Kier molecular flexibility index (Phi) is 4.83. The smallest absolute Gasteiger partial charge is 0.310 e. The van der Waals surface area contributed by atoms with Crippen LogP contribution < -0.4 is 5.32 Å². The van der Waals surface area contributed by atoms with E-state index in [1.54, 1.807) is 35.9 Å². The van der Waals surface area contributed by atoms with Crippen molar-refractivity contribution in [2.24, 2.45) is 7.05 Å². The Morgan fingerprint density at radius 3 is 2.61 bits per heavy atom. The lowest BCUT2D eigenvalue weighted by Gasteiger charge is -2.10. The molecule has 0 bridgehead atoms. The fraction of sp³-hybridized carbons (Fsp3) is 0.353. The van der Waals surface area contributed by atoms with Crippen LogP contribution in [0.15, 0.2) is 24.3 Å². The molecular weight excluding hydrogens is 294 g/mol. The maximum atomic E-state index is 12.2. The number of anilines is 1. The van der Waals surface area contributed by atoms with Gasteiger partial charge in [-0.1, -0.05) is 12.1 Å². The Bertz CT molecular complexity index is 750. The van der Waals surface area contributed by atoms with Gasteiger partial charge in [0, 0.05) is 24.0 Å². The first kappa shape index (κ1) is 16.7. The summed E-state index contributed by atoms with van der Waals surface area (Å²) in [5.41, 5.74) is 3.98. The zero-order valence-electron chi connectivity index (χ0n) is 13.8. The van der Waals surface area contributed by atoms with Crippen LogP contribution in [0.4, 0.5) is 5.69 Å². The van der Waals surface area contributed by atoms with Gasteiger partial charge in [-0.2, -0.15) is 5.10 Å². The SMILES string of the molecule is Cc1nn(C)c(C)c1CC(=O)Nc1cccc(C(C)C(=O)O)c1. The van der Waals surface area contributed by atoms with E-state index in [0.29, 0.717) is 11.3 Å². The van der Waals surface area contributed by atoms with Crippen LogP contribution >= 0.6 is 0 Å². The molecule has 0 aliphatic rings. The molecule has 2 rings (SSSR count). The normalized spacial score (nSPS) is 12.0. The summed E-state index contributed by atoms with van der Waals surface area (Å²) in [6.45, 7) is 5.42. The van der Waals surface area contributed by atoms with Gasteiger partial charge in [0.1, 0.15) is 0 Å². The molecule has 2 N–H and O–H groups in total. The summed E-state index contributed by atoms with van der Waals surface area (Å²) < 4.78 is 1.76. The van der Waals surface area contributed by atoms with Crippen molar-refractivity contribution in [3.8, 4) is 0 Å². The number of amides is 1. The van der Waals surface area contributed by atoms with Crippen molar-refractivity contribution < 1.29 is 14.7 Å². The molecule has 122 valence electrons. The summed E-state index contributed by atoms with van der Waals surface area (Å²) in [6.07, 6.45) is 0.240. The van der Waals surface area contributed by atoms with Gasteiger partial charge in [-0.25, -0.2) is 0 Å². The summed E-state index contributed by atoms with van der Waals surface area (Å²) in [6, 6.07) is 6.92. The zero-order valence-corrected chi connectivity index (χ0v) is 13.8. The van der Waals surface area contributed by atoms with Crippen molar-refractivity contribution in [3.05, 3.63) is 46.8 Å². The molecule has 6 nitrogen and oxygen atoms in total. The number of carboxylic acids is 1. The number of aromatic nitrogens is 2. The number of carbonyl (C=O) groups excluding carboxylic acids is 1. The first-order chi connectivity index (χ1) is 10.8. The van der Waals surface area contributed by atoms with E-state index >= 15 is 0 Å². The van der Waals surface area contributed by atoms with Gasteiger partial charge in [0.15, 0.2) is 0 Å². The molecule has 1 unspecified atom stereocenters. The number of benzene rings is 1. The molecule has 0 radical (unpaired) electrons.